The normalized spacial score (nSPS) is 16.6. The van der Waals surface area contributed by atoms with E-state index in [0.717, 1.165) is 140 Å². The van der Waals surface area contributed by atoms with E-state index in [2.05, 4.69) is 41.3 Å². The summed E-state index contributed by atoms with van der Waals surface area (Å²) >= 11 is 0. The fraction of sp³-hybridized carbons (Fsp3) is 0.429. The summed E-state index contributed by atoms with van der Waals surface area (Å²) in [6, 6.07) is 18.4. The van der Waals surface area contributed by atoms with Crippen LogP contribution in [0.3, 0.4) is 0 Å². The number of hydrogen-bond acceptors (Lipinski definition) is 5. The number of aromatic nitrogens is 1. The maximum atomic E-state index is 14.7. The maximum absolute atomic E-state index is 14.7. The van der Waals surface area contributed by atoms with Gasteiger partial charge in [0, 0.05) is 55.4 Å². The fourth-order valence-electron chi connectivity index (χ4n) is 8.08. The molecule has 0 atom stereocenters. The summed E-state index contributed by atoms with van der Waals surface area (Å²) in [5.41, 5.74) is 12.2. The van der Waals surface area contributed by atoms with Crippen molar-refractivity contribution in [3.05, 3.63) is 105 Å². The predicted molar refractivity (Wildman–Crippen MR) is 190 cm³/mol. The minimum absolute atomic E-state index is 0.0908. The molecule has 4 aromatic rings. The Bertz CT molecular complexity index is 1830. The molecule has 6 nitrogen and oxygen atoms in total. The molecule has 0 unspecified atom stereocenters. The standard InChI is InChI=1S/C42H47FN2O4/c1-27-6-3-9-37(43)36(27)26-45-18-15-30-22-33(11-12-34(30)25-45)42-38(10-4-7-29-16-20-48-21-17-29)44-28(2)35(24-40(46)47)41(42)32-13-14-39-31(23-32)8-5-19-49-39/h3,6,9,11-14,22-23,29H,4-5,7-8,10,15-21,24-26H2,1-2H3,(H,46,47). The van der Waals surface area contributed by atoms with E-state index in [9.17, 15) is 14.3 Å². The van der Waals surface area contributed by atoms with Gasteiger partial charge in [0.2, 0.25) is 0 Å². The number of fused-ring (bicyclic) bond motifs is 2. The molecule has 0 saturated carbocycles. The van der Waals surface area contributed by atoms with Crippen LogP contribution in [0.5, 0.6) is 5.75 Å². The molecule has 7 rings (SSSR count). The van der Waals surface area contributed by atoms with E-state index in [1.54, 1.807) is 12.1 Å². The molecule has 0 spiro atoms. The highest BCUT2D eigenvalue weighted by Crippen LogP contribution is 2.42. The Morgan fingerprint density at radius 3 is 2.55 bits per heavy atom. The highest BCUT2D eigenvalue weighted by Gasteiger charge is 2.26. The first-order chi connectivity index (χ1) is 23.8. The number of benzene rings is 3. The molecule has 1 saturated heterocycles. The van der Waals surface area contributed by atoms with E-state index in [-0.39, 0.29) is 12.2 Å². The van der Waals surface area contributed by atoms with Crippen molar-refractivity contribution in [3.63, 3.8) is 0 Å². The average Bonchev–Trinajstić information content (AvgIpc) is 3.10. The third-order valence-corrected chi connectivity index (χ3v) is 10.8. The van der Waals surface area contributed by atoms with Crippen molar-refractivity contribution in [2.45, 2.75) is 84.7 Å². The lowest BCUT2D eigenvalue weighted by atomic mass is 9.83. The van der Waals surface area contributed by atoms with Crippen LogP contribution in [0.2, 0.25) is 0 Å². The van der Waals surface area contributed by atoms with Gasteiger partial charge in [-0.25, -0.2) is 4.39 Å². The summed E-state index contributed by atoms with van der Waals surface area (Å²) in [6.07, 6.45) is 7.88. The topological polar surface area (TPSA) is 71.9 Å². The lowest BCUT2D eigenvalue weighted by Crippen LogP contribution is -2.30. The van der Waals surface area contributed by atoms with Crippen LogP contribution in [0.15, 0.2) is 54.6 Å². The second kappa shape index (κ2) is 14.8. The van der Waals surface area contributed by atoms with E-state index < -0.39 is 5.97 Å². The number of carboxylic acids is 1. The summed E-state index contributed by atoms with van der Waals surface area (Å²) in [5, 5.41) is 10.1. The number of nitrogens with zero attached hydrogens (tertiary/aromatic N) is 2. The van der Waals surface area contributed by atoms with Crippen molar-refractivity contribution < 1.29 is 23.8 Å². The number of pyridine rings is 1. The molecule has 3 aliphatic rings. The lowest BCUT2D eigenvalue weighted by molar-refractivity contribution is -0.136. The van der Waals surface area contributed by atoms with Crippen molar-refractivity contribution in [2.24, 2.45) is 5.92 Å². The van der Waals surface area contributed by atoms with Crippen LogP contribution < -0.4 is 4.74 Å². The Labute approximate surface area is 289 Å². The number of ether oxygens (including phenoxy) is 2. The van der Waals surface area contributed by atoms with Gasteiger partial charge in [-0.3, -0.25) is 14.7 Å². The zero-order chi connectivity index (χ0) is 33.9. The Morgan fingerprint density at radius 1 is 0.939 bits per heavy atom. The number of hydrogen-bond donors (Lipinski definition) is 1. The van der Waals surface area contributed by atoms with Crippen LogP contribution in [0.1, 0.15) is 76.9 Å². The van der Waals surface area contributed by atoms with Crippen molar-refractivity contribution in [3.8, 4) is 28.0 Å². The third-order valence-electron chi connectivity index (χ3n) is 10.8. The van der Waals surface area contributed by atoms with Crippen LogP contribution in [0.4, 0.5) is 4.39 Å². The van der Waals surface area contributed by atoms with Gasteiger partial charge in [-0.1, -0.05) is 36.4 Å². The molecule has 4 heterocycles. The number of rotatable bonds is 10. The fourth-order valence-corrected chi connectivity index (χ4v) is 8.08. The molecule has 49 heavy (non-hydrogen) atoms. The number of aliphatic carboxylic acids is 1. The molecule has 1 N–H and O–H groups in total. The summed E-state index contributed by atoms with van der Waals surface area (Å²) in [4.78, 5) is 19.8. The largest absolute Gasteiger partial charge is 0.493 e. The number of halogens is 1. The Hall–Kier alpha value is -4.07. The molecule has 3 aliphatic heterocycles. The number of carboxylic acid groups (broad SMARTS) is 1. The first-order valence-electron chi connectivity index (χ1n) is 18.0. The van der Waals surface area contributed by atoms with Gasteiger partial charge in [0.15, 0.2) is 0 Å². The first kappa shape index (κ1) is 33.4. The van der Waals surface area contributed by atoms with Gasteiger partial charge >= 0.3 is 5.97 Å². The van der Waals surface area contributed by atoms with Gasteiger partial charge in [0.25, 0.3) is 0 Å². The molecular weight excluding hydrogens is 615 g/mol. The minimum atomic E-state index is -0.860. The molecule has 0 bridgehead atoms. The van der Waals surface area contributed by atoms with Gasteiger partial charge < -0.3 is 14.6 Å². The summed E-state index contributed by atoms with van der Waals surface area (Å²) in [7, 11) is 0. The van der Waals surface area contributed by atoms with Crippen molar-refractivity contribution in [2.75, 3.05) is 26.4 Å². The van der Waals surface area contributed by atoms with Gasteiger partial charge in [0.1, 0.15) is 11.6 Å². The molecule has 0 radical (unpaired) electrons. The summed E-state index contributed by atoms with van der Waals surface area (Å²) < 4.78 is 26.3. The smallest absolute Gasteiger partial charge is 0.307 e. The zero-order valence-corrected chi connectivity index (χ0v) is 28.8. The average molecular weight is 663 g/mol. The van der Waals surface area contributed by atoms with E-state index in [1.807, 2.05) is 19.9 Å². The van der Waals surface area contributed by atoms with E-state index in [0.29, 0.717) is 12.5 Å². The lowest BCUT2D eigenvalue weighted by Gasteiger charge is -2.30. The molecule has 3 aromatic carbocycles. The van der Waals surface area contributed by atoms with Gasteiger partial charge in [0.05, 0.1) is 13.0 Å². The maximum Gasteiger partial charge on any atom is 0.307 e. The number of aryl methyl sites for hydroxylation is 4. The second-order valence-electron chi connectivity index (χ2n) is 14.1. The SMILES string of the molecule is Cc1cccc(F)c1CN1CCc2cc(-c3c(CCCC4CCOCC4)nc(C)c(CC(=O)O)c3-c3ccc4c(c3)CCCO4)ccc2C1. The summed E-state index contributed by atoms with van der Waals surface area (Å²) in [6.45, 7) is 8.54. The molecule has 0 amide bonds. The second-order valence-corrected chi connectivity index (χ2v) is 14.1. The molecule has 1 aromatic heterocycles. The van der Waals surface area contributed by atoms with Crippen LogP contribution in [-0.4, -0.2) is 47.3 Å². The van der Waals surface area contributed by atoms with Crippen LogP contribution >= 0.6 is 0 Å². The highest BCUT2D eigenvalue weighted by molar-refractivity contribution is 5.90. The van der Waals surface area contributed by atoms with E-state index in [1.165, 1.54) is 16.7 Å². The Balaban J connectivity index is 1.29. The highest BCUT2D eigenvalue weighted by atomic mass is 19.1. The summed E-state index contributed by atoms with van der Waals surface area (Å²) in [5.74, 6) is 0.587. The van der Waals surface area contributed by atoms with Crippen molar-refractivity contribution in [1.29, 1.82) is 0 Å². The van der Waals surface area contributed by atoms with Gasteiger partial charge in [-0.05, 0) is 134 Å². The molecule has 1 fully saturated rings. The van der Waals surface area contributed by atoms with Gasteiger partial charge in [-0.2, -0.15) is 0 Å². The predicted octanol–water partition coefficient (Wildman–Crippen LogP) is 8.43. The quantitative estimate of drug-likeness (QED) is 0.184. The third kappa shape index (κ3) is 7.43. The van der Waals surface area contributed by atoms with Crippen LogP contribution in [0.25, 0.3) is 22.3 Å². The molecule has 256 valence electrons. The Morgan fingerprint density at radius 2 is 1.73 bits per heavy atom. The van der Waals surface area contributed by atoms with Crippen LogP contribution in [-0.2, 0) is 48.3 Å². The minimum Gasteiger partial charge on any atom is -0.493 e. The molecular formula is C42H47FN2O4. The number of carbonyl (C=O) groups is 1. The van der Waals surface area contributed by atoms with Gasteiger partial charge in [-0.15, -0.1) is 0 Å². The zero-order valence-electron chi connectivity index (χ0n) is 28.8. The monoisotopic (exact) mass is 662 g/mol. The van der Waals surface area contributed by atoms with Crippen molar-refractivity contribution in [1.82, 2.24) is 9.88 Å². The molecule has 7 heteroatoms. The molecule has 0 aliphatic carbocycles. The van der Waals surface area contributed by atoms with E-state index >= 15 is 0 Å². The van der Waals surface area contributed by atoms with E-state index in [4.69, 9.17) is 14.5 Å². The van der Waals surface area contributed by atoms with Crippen LogP contribution in [0, 0.1) is 25.6 Å². The van der Waals surface area contributed by atoms with Crippen molar-refractivity contribution >= 4 is 5.97 Å². The Kier molecular flexibility index (Phi) is 10.1. The first-order valence-corrected chi connectivity index (χ1v) is 18.0.